The van der Waals surface area contributed by atoms with E-state index in [0.29, 0.717) is 0 Å². The first-order valence-electron chi connectivity index (χ1n) is 12.2. The molecule has 2 aromatic rings. The predicted molar refractivity (Wildman–Crippen MR) is 138 cm³/mol. The summed E-state index contributed by atoms with van der Waals surface area (Å²) >= 11 is 0. The van der Waals surface area contributed by atoms with Gasteiger partial charge in [0.25, 0.3) is 0 Å². The molecule has 30 heavy (non-hydrogen) atoms. The quantitative estimate of drug-likeness (QED) is 0.275. The van der Waals surface area contributed by atoms with E-state index in [2.05, 4.69) is 87.2 Å². The lowest BCUT2D eigenvalue weighted by Gasteiger charge is -2.02. The van der Waals surface area contributed by atoms with Gasteiger partial charge < -0.3 is 0 Å². The molecule has 0 aliphatic carbocycles. The highest BCUT2D eigenvalue weighted by molar-refractivity contribution is 5.48. The van der Waals surface area contributed by atoms with E-state index in [1.165, 1.54) is 93.7 Å². The van der Waals surface area contributed by atoms with E-state index >= 15 is 0 Å². The molecule has 0 bridgehead atoms. The first-order valence-corrected chi connectivity index (χ1v) is 12.2. The molecule has 0 N–H and O–H groups in total. The minimum Gasteiger partial charge on any atom is -0.0985 e. The van der Waals surface area contributed by atoms with Crippen LogP contribution in [0.2, 0.25) is 0 Å². The van der Waals surface area contributed by atoms with E-state index < -0.39 is 0 Å². The van der Waals surface area contributed by atoms with Gasteiger partial charge >= 0.3 is 0 Å². The smallest absolute Gasteiger partial charge is 0.0260 e. The average Bonchev–Trinajstić information content (AvgIpc) is 2.80. The third kappa shape index (κ3) is 14.0. The topological polar surface area (TPSA) is 0 Å². The highest BCUT2D eigenvalue weighted by Gasteiger charge is 1.94. The van der Waals surface area contributed by atoms with Crippen LogP contribution in [0.1, 0.15) is 101 Å². The van der Waals surface area contributed by atoms with Crippen LogP contribution in [0.5, 0.6) is 0 Å². The predicted octanol–water partition coefficient (Wildman–Crippen LogP) is 9.90. The van der Waals surface area contributed by atoms with Crippen molar-refractivity contribution in [2.75, 3.05) is 0 Å². The molecule has 164 valence electrons. The molecule has 0 saturated heterocycles. The van der Waals surface area contributed by atoms with Crippen LogP contribution < -0.4 is 0 Å². The molecule has 0 atom stereocenters. The Morgan fingerprint density at radius 2 is 1.23 bits per heavy atom. The summed E-state index contributed by atoms with van der Waals surface area (Å²) in [4.78, 5) is 0. The summed E-state index contributed by atoms with van der Waals surface area (Å²) in [7, 11) is 0. The summed E-state index contributed by atoms with van der Waals surface area (Å²) in [6.07, 6.45) is 22.5. The maximum atomic E-state index is 3.76. The lowest BCUT2D eigenvalue weighted by Crippen LogP contribution is -1.86. The standard InChI is InChI=1S/C16H24.C14H20/c1-3-5-6-7-8-9-10-16-13-11-15(4-2)12-14-16;1-2-3-4-5-6-8-11-14-12-9-7-10-13-14/h4,11-14H,2-3,5-10H2,1H3;7-13H,2-6H2,1H3. The molecule has 0 heterocycles. The van der Waals surface area contributed by atoms with E-state index in [1.807, 2.05) is 6.08 Å². The molecule has 0 saturated carbocycles. The van der Waals surface area contributed by atoms with Crippen molar-refractivity contribution in [2.24, 2.45) is 0 Å². The summed E-state index contributed by atoms with van der Waals surface area (Å²) in [6.45, 7) is 8.28. The molecule has 0 unspecified atom stereocenters. The van der Waals surface area contributed by atoms with Crippen LogP contribution in [-0.2, 0) is 6.42 Å². The summed E-state index contributed by atoms with van der Waals surface area (Å²) in [5, 5.41) is 0. The molecule has 0 aliphatic rings. The fourth-order valence-electron chi connectivity index (χ4n) is 3.40. The molecule has 0 aromatic heterocycles. The van der Waals surface area contributed by atoms with Crippen molar-refractivity contribution >= 4 is 12.2 Å². The zero-order chi connectivity index (χ0) is 21.7. The maximum Gasteiger partial charge on any atom is -0.0260 e. The summed E-state index contributed by atoms with van der Waals surface area (Å²) < 4.78 is 0. The van der Waals surface area contributed by atoms with Crippen molar-refractivity contribution in [3.8, 4) is 0 Å². The normalized spacial score (nSPS) is 10.6. The number of unbranched alkanes of at least 4 members (excludes halogenated alkanes) is 9. The molecule has 0 amide bonds. The minimum atomic E-state index is 1.21. The number of aryl methyl sites for hydroxylation is 1. The van der Waals surface area contributed by atoms with Gasteiger partial charge in [-0.25, -0.2) is 0 Å². The Bertz CT molecular complexity index is 648. The second-order valence-corrected chi connectivity index (χ2v) is 8.13. The van der Waals surface area contributed by atoms with E-state index in [1.54, 1.807) is 0 Å². The van der Waals surface area contributed by atoms with Gasteiger partial charge in [-0.2, -0.15) is 0 Å². The van der Waals surface area contributed by atoms with Crippen molar-refractivity contribution in [1.29, 1.82) is 0 Å². The van der Waals surface area contributed by atoms with Crippen LogP contribution in [0, 0.1) is 0 Å². The van der Waals surface area contributed by atoms with Gasteiger partial charge in [0, 0.05) is 0 Å². The van der Waals surface area contributed by atoms with E-state index in [9.17, 15) is 0 Å². The van der Waals surface area contributed by atoms with Gasteiger partial charge in [-0.3, -0.25) is 0 Å². The molecular formula is C30H44. The van der Waals surface area contributed by atoms with Crippen LogP contribution in [-0.4, -0.2) is 0 Å². The van der Waals surface area contributed by atoms with Gasteiger partial charge in [0.1, 0.15) is 0 Å². The molecule has 0 aliphatic heterocycles. The first-order chi connectivity index (χ1) is 14.8. The van der Waals surface area contributed by atoms with Crippen LogP contribution >= 0.6 is 0 Å². The Kier molecular flexibility index (Phi) is 16.4. The molecule has 0 heteroatoms. The largest absolute Gasteiger partial charge is 0.0985 e. The van der Waals surface area contributed by atoms with Gasteiger partial charge in [0.05, 0.1) is 0 Å². The van der Waals surface area contributed by atoms with E-state index in [4.69, 9.17) is 0 Å². The SMILES string of the molecule is C=Cc1ccc(CCCCCCCC)cc1.CCCCCCC=Cc1ccccc1. The minimum absolute atomic E-state index is 1.21. The Hall–Kier alpha value is -2.08. The summed E-state index contributed by atoms with van der Waals surface area (Å²) in [5.41, 5.74) is 3.98. The Morgan fingerprint density at radius 1 is 0.633 bits per heavy atom. The molecule has 0 nitrogen and oxygen atoms in total. The van der Waals surface area contributed by atoms with Crippen molar-refractivity contribution < 1.29 is 0 Å². The van der Waals surface area contributed by atoms with Gasteiger partial charge in [-0.05, 0) is 42.4 Å². The van der Waals surface area contributed by atoms with Crippen molar-refractivity contribution in [3.63, 3.8) is 0 Å². The van der Waals surface area contributed by atoms with Crippen molar-refractivity contribution in [1.82, 2.24) is 0 Å². The molecule has 2 aromatic carbocycles. The maximum absolute atomic E-state index is 3.76. The fraction of sp³-hybridized carbons (Fsp3) is 0.467. The molecule has 0 radical (unpaired) electrons. The average molecular weight is 405 g/mol. The van der Waals surface area contributed by atoms with Crippen LogP contribution in [0.25, 0.3) is 12.2 Å². The monoisotopic (exact) mass is 404 g/mol. The Morgan fingerprint density at radius 3 is 1.87 bits per heavy atom. The second-order valence-electron chi connectivity index (χ2n) is 8.13. The summed E-state index contributed by atoms with van der Waals surface area (Å²) in [5.74, 6) is 0. The van der Waals surface area contributed by atoms with E-state index in [0.717, 1.165) is 0 Å². The Labute approximate surface area is 187 Å². The van der Waals surface area contributed by atoms with Crippen LogP contribution in [0.3, 0.4) is 0 Å². The molecule has 0 spiro atoms. The number of benzene rings is 2. The highest BCUT2D eigenvalue weighted by Crippen LogP contribution is 2.11. The zero-order valence-corrected chi connectivity index (χ0v) is 19.6. The number of hydrogen-bond donors (Lipinski definition) is 0. The van der Waals surface area contributed by atoms with Gasteiger partial charge in [0.15, 0.2) is 0 Å². The molecule has 2 rings (SSSR count). The van der Waals surface area contributed by atoms with Crippen molar-refractivity contribution in [3.05, 3.63) is 83.9 Å². The summed E-state index contributed by atoms with van der Waals surface area (Å²) in [6, 6.07) is 19.3. The molecular weight excluding hydrogens is 360 g/mol. The third-order valence-electron chi connectivity index (χ3n) is 5.37. The third-order valence-corrected chi connectivity index (χ3v) is 5.37. The van der Waals surface area contributed by atoms with Gasteiger partial charge in [0.2, 0.25) is 0 Å². The lowest BCUT2D eigenvalue weighted by atomic mass is 10.0. The van der Waals surface area contributed by atoms with Gasteiger partial charge in [-0.1, -0.05) is 145 Å². The van der Waals surface area contributed by atoms with E-state index in [-0.39, 0.29) is 0 Å². The van der Waals surface area contributed by atoms with Crippen LogP contribution in [0.15, 0.2) is 67.3 Å². The molecule has 0 fully saturated rings. The first kappa shape index (κ1) is 26.0. The zero-order valence-electron chi connectivity index (χ0n) is 19.6. The second kappa shape index (κ2) is 18.9. The van der Waals surface area contributed by atoms with Crippen molar-refractivity contribution in [2.45, 2.75) is 90.9 Å². The van der Waals surface area contributed by atoms with Gasteiger partial charge in [-0.15, -0.1) is 0 Å². The number of hydrogen-bond acceptors (Lipinski definition) is 0. The number of allylic oxidation sites excluding steroid dienone is 1. The Balaban J connectivity index is 0.000000303. The lowest BCUT2D eigenvalue weighted by molar-refractivity contribution is 0.607. The highest BCUT2D eigenvalue weighted by atomic mass is 14.0. The number of rotatable bonds is 14. The fourth-order valence-corrected chi connectivity index (χ4v) is 3.40. The van der Waals surface area contributed by atoms with Crippen LogP contribution in [0.4, 0.5) is 0 Å².